The number of aromatic nitrogens is 1. The first-order valence-electron chi connectivity index (χ1n) is 9.33. The number of benzene rings is 1. The first-order chi connectivity index (χ1) is 12.6. The number of carbonyl (C=O) groups is 1. The highest BCUT2D eigenvalue weighted by molar-refractivity contribution is 5.78. The maximum Gasteiger partial charge on any atom is 0.234 e. The Balaban J connectivity index is 1.38. The second-order valence-corrected chi connectivity index (χ2v) is 6.97. The van der Waals surface area contributed by atoms with Crippen molar-refractivity contribution in [3.8, 4) is 0 Å². The van der Waals surface area contributed by atoms with Crippen molar-refractivity contribution in [2.75, 3.05) is 44.2 Å². The number of carbonyl (C=O) groups excluding carboxylic acids is 1. The number of nitrogens with one attached hydrogen (secondary N) is 1. The molecule has 1 saturated heterocycles. The minimum Gasteiger partial charge on any atom is -0.369 e. The molecule has 5 nitrogen and oxygen atoms in total. The van der Waals surface area contributed by atoms with Crippen molar-refractivity contribution in [1.82, 2.24) is 15.2 Å². The van der Waals surface area contributed by atoms with Crippen LogP contribution in [0.2, 0.25) is 0 Å². The molecule has 0 atom stereocenters. The third-order valence-corrected chi connectivity index (χ3v) is 4.76. The molecule has 1 amide bonds. The van der Waals surface area contributed by atoms with Gasteiger partial charge in [-0.25, -0.2) is 0 Å². The van der Waals surface area contributed by atoms with E-state index in [-0.39, 0.29) is 5.91 Å². The summed E-state index contributed by atoms with van der Waals surface area (Å²) in [4.78, 5) is 21.3. The zero-order valence-corrected chi connectivity index (χ0v) is 15.7. The summed E-state index contributed by atoms with van der Waals surface area (Å²) in [6.07, 6.45) is 0.772. The number of piperazine rings is 1. The normalized spacial score (nSPS) is 15.1. The highest BCUT2D eigenvalue weighted by Crippen LogP contribution is 2.17. The number of amides is 1. The zero-order chi connectivity index (χ0) is 18.4. The Hall–Kier alpha value is -2.40. The summed E-state index contributed by atoms with van der Waals surface area (Å²) in [5, 5.41) is 3.01. The molecule has 1 aliphatic heterocycles. The van der Waals surface area contributed by atoms with Crippen LogP contribution in [-0.2, 0) is 11.2 Å². The Bertz CT molecular complexity index is 738. The van der Waals surface area contributed by atoms with Crippen molar-refractivity contribution in [3.05, 3.63) is 59.4 Å². The number of anilines is 1. The van der Waals surface area contributed by atoms with Gasteiger partial charge in [-0.2, -0.15) is 0 Å². The van der Waals surface area contributed by atoms with E-state index in [0.717, 1.165) is 44.0 Å². The fourth-order valence-corrected chi connectivity index (χ4v) is 3.32. The maximum atomic E-state index is 12.2. The first kappa shape index (κ1) is 18.4. The first-order valence-corrected chi connectivity index (χ1v) is 9.33. The molecule has 2 aromatic rings. The SMILES string of the molecule is Cc1cccc(N2CCN(CC(=O)NCCc3cccc(C)n3)CC2)c1. The highest BCUT2D eigenvalue weighted by Gasteiger charge is 2.19. The van der Waals surface area contributed by atoms with Gasteiger partial charge in [-0.3, -0.25) is 14.7 Å². The highest BCUT2D eigenvalue weighted by atomic mass is 16.2. The second kappa shape index (κ2) is 8.81. The van der Waals surface area contributed by atoms with Crippen LogP contribution in [-0.4, -0.2) is 55.1 Å². The minimum absolute atomic E-state index is 0.0988. The molecule has 1 aromatic carbocycles. The van der Waals surface area contributed by atoms with Crippen LogP contribution in [0.5, 0.6) is 0 Å². The molecule has 2 heterocycles. The Morgan fingerprint density at radius 3 is 2.58 bits per heavy atom. The van der Waals surface area contributed by atoms with Crippen molar-refractivity contribution < 1.29 is 4.79 Å². The van der Waals surface area contributed by atoms with E-state index < -0.39 is 0 Å². The van der Waals surface area contributed by atoms with Gasteiger partial charge in [-0.15, -0.1) is 0 Å². The van der Waals surface area contributed by atoms with Crippen molar-refractivity contribution in [2.45, 2.75) is 20.3 Å². The lowest BCUT2D eigenvalue weighted by Crippen LogP contribution is -2.49. The Labute approximate surface area is 156 Å². The monoisotopic (exact) mass is 352 g/mol. The Kier molecular flexibility index (Phi) is 6.23. The predicted octanol–water partition coefficient (Wildman–Crippen LogP) is 2.18. The smallest absolute Gasteiger partial charge is 0.234 e. The van der Waals surface area contributed by atoms with Crippen LogP contribution >= 0.6 is 0 Å². The molecular formula is C21H28N4O. The average Bonchev–Trinajstić information content (AvgIpc) is 2.62. The zero-order valence-electron chi connectivity index (χ0n) is 15.7. The summed E-state index contributed by atoms with van der Waals surface area (Å²) in [6, 6.07) is 14.6. The third kappa shape index (κ3) is 5.30. The van der Waals surface area contributed by atoms with E-state index in [4.69, 9.17) is 0 Å². The summed E-state index contributed by atoms with van der Waals surface area (Å²) in [7, 11) is 0. The molecule has 0 spiro atoms. The lowest BCUT2D eigenvalue weighted by Gasteiger charge is -2.35. The van der Waals surface area contributed by atoms with Gasteiger partial charge < -0.3 is 10.2 Å². The van der Waals surface area contributed by atoms with Crippen molar-refractivity contribution in [3.63, 3.8) is 0 Å². The number of hydrogen-bond acceptors (Lipinski definition) is 4. The fraction of sp³-hybridized carbons (Fsp3) is 0.429. The van der Waals surface area contributed by atoms with E-state index in [1.807, 2.05) is 25.1 Å². The molecule has 5 heteroatoms. The molecule has 0 saturated carbocycles. The van der Waals surface area contributed by atoms with E-state index in [0.29, 0.717) is 13.1 Å². The number of pyridine rings is 1. The van der Waals surface area contributed by atoms with Gasteiger partial charge in [-0.1, -0.05) is 18.2 Å². The Morgan fingerprint density at radius 2 is 1.85 bits per heavy atom. The van der Waals surface area contributed by atoms with Gasteiger partial charge in [0, 0.05) is 56.2 Å². The van der Waals surface area contributed by atoms with Crippen LogP contribution in [0.25, 0.3) is 0 Å². The molecular weight excluding hydrogens is 324 g/mol. The number of hydrogen-bond donors (Lipinski definition) is 1. The lowest BCUT2D eigenvalue weighted by molar-refractivity contribution is -0.122. The van der Waals surface area contributed by atoms with Gasteiger partial charge in [0.25, 0.3) is 0 Å². The molecule has 0 radical (unpaired) electrons. The third-order valence-electron chi connectivity index (χ3n) is 4.76. The van der Waals surface area contributed by atoms with Crippen molar-refractivity contribution in [1.29, 1.82) is 0 Å². The van der Waals surface area contributed by atoms with Crippen LogP contribution < -0.4 is 10.2 Å². The largest absolute Gasteiger partial charge is 0.369 e. The molecule has 0 unspecified atom stereocenters. The maximum absolute atomic E-state index is 12.2. The average molecular weight is 352 g/mol. The van der Waals surface area contributed by atoms with E-state index in [1.54, 1.807) is 0 Å². The number of nitrogens with zero attached hydrogens (tertiary/aromatic N) is 3. The van der Waals surface area contributed by atoms with Gasteiger partial charge >= 0.3 is 0 Å². The Morgan fingerprint density at radius 1 is 1.08 bits per heavy atom. The molecule has 138 valence electrons. The van der Waals surface area contributed by atoms with Gasteiger partial charge in [-0.05, 0) is 43.7 Å². The number of rotatable bonds is 6. The lowest BCUT2D eigenvalue weighted by atomic mass is 10.2. The van der Waals surface area contributed by atoms with Crippen LogP contribution in [0.15, 0.2) is 42.5 Å². The van der Waals surface area contributed by atoms with Crippen LogP contribution in [0.1, 0.15) is 17.0 Å². The molecule has 1 N–H and O–H groups in total. The van der Waals surface area contributed by atoms with Gasteiger partial charge in [0.15, 0.2) is 0 Å². The molecule has 0 bridgehead atoms. The molecule has 1 fully saturated rings. The van der Waals surface area contributed by atoms with E-state index in [9.17, 15) is 4.79 Å². The topological polar surface area (TPSA) is 48.5 Å². The minimum atomic E-state index is 0.0988. The quantitative estimate of drug-likeness (QED) is 0.866. The molecule has 3 rings (SSSR count). The molecule has 1 aromatic heterocycles. The van der Waals surface area contributed by atoms with Crippen LogP contribution in [0.4, 0.5) is 5.69 Å². The molecule has 0 aliphatic carbocycles. The van der Waals surface area contributed by atoms with Crippen LogP contribution in [0.3, 0.4) is 0 Å². The fourth-order valence-electron chi connectivity index (χ4n) is 3.32. The van der Waals surface area contributed by atoms with E-state index in [1.165, 1.54) is 11.3 Å². The summed E-state index contributed by atoms with van der Waals surface area (Å²) < 4.78 is 0. The van der Waals surface area contributed by atoms with Gasteiger partial charge in [0.05, 0.1) is 6.54 Å². The predicted molar refractivity (Wildman–Crippen MR) is 106 cm³/mol. The van der Waals surface area contributed by atoms with E-state index in [2.05, 4.69) is 51.3 Å². The standard InChI is InChI=1S/C21H28N4O/c1-17-5-3-8-20(15-17)25-13-11-24(12-14-25)16-21(26)22-10-9-19-7-4-6-18(2)23-19/h3-8,15H,9-14,16H2,1-2H3,(H,22,26). The van der Waals surface area contributed by atoms with Gasteiger partial charge in [0.1, 0.15) is 0 Å². The summed E-state index contributed by atoms with van der Waals surface area (Å²) in [6.45, 7) is 8.98. The van der Waals surface area contributed by atoms with E-state index >= 15 is 0 Å². The molecule has 26 heavy (non-hydrogen) atoms. The van der Waals surface area contributed by atoms with Gasteiger partial charge in [0.2, 0.25) is 5.91 Å². The van der Waals surface area contributed by atoms with Crippen molar-refractivity contribution in [2.24, 2.45) is 0 Å². The summed E-state index contributed by atoms with van der Waals surface area (Å²) in [5.74, 6) is 0.0988. The number of aryl methyl sites for hydroxylation is 2. The summed E-state index contributed by atoms with van der Waals surface area (Å²) >= 11 is 0. The second-order valence-electron chi connectivity index (χ2n) is 6.97. The molecule has 1 aliphatic rings. The summed E-state index contributed by atoms with van der Waals surface area (Å²) in [5.41, 5.74) is 4.60. The van der Waals surface area contributed by atoms with Crippen LogP contribution in [0, 0.1) is 13.8 Å². The van der Waals surface area contributed by atoms with Crippen molar-refractivity contribution >= 4 is 11.6 Å².